The van der Waals surface area contributed by atoms with Gasteiger partial charge >= 0.3 is 0 Å². The maximum Gasteiger partial charge on any atom is 0.262 e. The molecule has 0 aliphatic heterocycles. The number of rotatable bonds is 5. The van der Waals surface area contributed by atoms with Crippen LogP contribution in [0.15, 0.2) is 52.9 Å². The molecule has 3 rings (SSSR count). The highest BCUT2D eigenvalue weighted by atomic mass is 32.2. The van der Waals surface area contributed by atoms with Crippen LogP contribution in [0.1, 0.15) is 21.5 Å². The van der Waals surface area contributed by atoms with Gasteiger partial charge in [-0.1, -0.05) is 29.5 Å². The Kier molecular flexibility index (Phi) is 5.01. The Morgan fingerprint density at radius 1 is 1.12 bits per heavy atom. The number of nitrogens with one attached hydrogen (secondary N) is 2. The molecule has 0 spiro atoms. The van der Waals surface area contributed by atoms with Gasteiger partial charge in [-0.25, -0.2) is 8.42 Å². The van der Waals surface area contributed by atoms with Crippen LogP contribution in [-0.4, -0.2) is 24.5 Å². The number of hydrogen-bond donors (Lipinski definition) is 2. The van der Waals surface area contributed by atoms with Crippen LogP contribution in [0.2, 0.25) is 0 Å². The van der Waals surface area contributed by atoms with Gasteiger partial charge in [-0.3, -0.25) is 14.8 Å². The van der Waals surface area contributed by atoms with Gasteiger partial charge in [0.2, 0.25) is 5.13 Å². The Morgan fingerprint density at radius 3 is 2.65 bits per heavy atom. The van der Waals surface area contributed by atoms with E-state index in [0.717, 1.165) is 5.56 Å². The number of benzene rings is 2. The summed E-state index contributed by atoms with van der Waals surface area (Å²) < 4.78 is 27.9. The zero-order valence-corrected chi connectivity index (χ0v) is 15.7. The molecule has 1 aromatic heterocycles. The molecule has 0 aliphatic carbocycles. The summed E-state index contributed by atoms with van der Waals surface area (Å²) in [6.07, 6.45) is 0. The summed E-state index contributed by atoms with van der Waals surface area (Å²) in [6.45, 7) is 3.57. The molecule has 3 aromatic rings. The van der Waals surface area contributed by atoms with Gasteiger partial charge in [0.05, 0.1) is 4.90 Å². The Bertz CT molecular complexity index is 1050. The molecular formula is C17H16N4O3S2. The molecular weight excluding hydrogens is 372 g/mol. The second-order valence-electron chi connectivity index (χ2n) is 5.65. The smallest absolute Gasteiger partial charge is 0.262 e. The molecule has 2 aromatic carbocycles. The van der Waals surface area contributed by atoms with Crippen LogP contribution >= 0.6 is 11.3 Å². The molecule has 0 radical (unpaired) electrons. The zero-order chi connectivity index (χ0) is 18.7. The number of hydrogen-bond acceptors (Lipinski definition) is 6. The van der Waals surface area contributed by atoms with Gasteiger partial charge < -0.3 is 0 Å². The number of amides is 1. The first-order valence-electron chi connectivity index (χ1n) is 7.63. The summed E-state index contributed by atoms with van der Waals surface area (Å²) in [6, 6.07) is 11.5. The van der Waals surface area contributed by atoms with Gasteiger partial charge in [-0.05, 0) is 49.2 Å². The van der Waals surface area contributed by atoms with Crippen LogP contribution in [-0.2, 0) is 10.0 Å². The van der Waals surface area contributed by atoms with Crippen molar-refractivity contribution in [2.45, 2.75) is 18.7 Å². The molecule has 0 unspecified atom stereocenters. The number of anilines is 2. The lowest BCUT2D eigenvalue weighted by molar-refractivity contribution is 0.102. The topological polar surface area (TPSA) is 101 Å². The predicted octanol–water partition coefficient (Wildman–Crippen LogP) is 3.21. The zero-order valence-electron chi connectivity index (χ0n) is 14.1. The fourth-order valence-corrected chi connectivity index (χ4v) is 4.15. The first kappa shape index (κ1) is 18.0. The highest BCUT2D eigenvalue weighted by molar-refractivity contribution is 7.92. The summed E-state index contributed by atoms with van der Waals surface area (Å²) in [5.41, 5.74) is 3.61. The van der Waals surface area contributed by atoms with Crippen molar-refractivity contribution in [1.29, 1.82) is 0 Å². The summed E-state index contributed by atoms with van der Waals surface area (Å²) >= 11 is 1.19. The van der Waals surface area contributed by atoms with E-state index in [9.17, 15) is 13.2 Å². The summed E-state index contributed by atoms with van der Waals surface area (Å²) in [4.78, 5) is 12.5. The molecule has 0 bridgehead atoms. The highest BCUT2D eigenvalue weighted by Gasteiger charge is 2.18. The lowest BCUT2D eigenvalue weighted by Gasteiger charge is -2.12. The molecule has 0 saturated heterocycles. The minimum atomic E-state index is -3.76. The normalized spacial score (nSPS) is 11.2. The van der Waals surface area contributed by atoms with E-state index >= 15 is 0 Å². The molecule has 0 saturated carbocycles. The molecule has 26 heavy (non-hydrogen) atoms. The fourth-order valence-electron chi connectivity index (χ4n) is 2.33. The van der Waals surface area contributed by atoms with Crippen molar-refractivity contribution >= 4 is 38.1 Å². The number of carbonyl (C=O) groups excluding carboxylic acids is 1. The Labute approximate surface area is 155 Å². The maximum atomic E-state index is 12.7. The Balaban J connectivity index is 1.84. The third-order valence-corrected chi connectivity index (χ3v) is 5.72. The highest BCUT2D eigenvalue weighted by Crippen LogP contribution is 2.21. The van der Waals surface area contributed by atoms with Crippen molar-refractivity contribution < 1.29 is 13.2 Å². The minimum absolute atomic E-state index is 0.209. The van der Waals surface area contributed by atoms with E-state index in [2.05, 4.69) is 20.2 Å². The molecule has 1 amide bonds. The fraction of sp³-hybridized carbons (Fsp3) is 0.118. The van der Waals surface area contributed by atoms with E-state index in [-0.39, 0.29) is 4.90 Å². The van der Waals surface area contributed by atoms with Crippen LogP contribution in [0.4, 0.5) is 10.8 Å². The molecule has 134 valence electrons. The van der Waals surface area contributed by atoms with Gasteiger partial charge in [-0.2, -0.15) is 0 Å². The number of sulfonamides is 1. The van der Waals surface area contributed by atoms with Crippen molar-refractivity contribution in [3.05, 3.63) is 64.7 Å². The molecule has 7 nitrogen and oxygen atoms in total. The van der Waals surface area contributed by atoms with Gasteiger partial charge in [-0.15, -0.1) is 10.2 Å². The minimum Gasteiger partial charge on any atom is -0.296 e. The van der Waals surface area contributed by atoms with Crippen molar-refractivity contribution in [2.75, 3.05) is 10.0 Å². The third-order valence-electron chi connectivity index (χ3n) is 3.59. The first-order chi connectivity index (χ1) is 12.3. The first-order valence-corrected chi connectivity index (χ1v) is 9.99. The average molecular weight is 388 g/mol. The number of aryl methyl sites for hydroxylation is 2. The Hall–Kier alpha value is -2.78. The molecule has 1 heterocycles. The van der Waals surface area contributed by atoms with E-state index < -0.39 is 15.9 Å². The van der Waals surface area contributed by atoms with Gasteiger partial charge in [0.15, 0.2) is 0 Å². The van der Waals surface area contributed by atoms with Crippen molar-refractivity contribution in [1.82, 2.24) is 10.2 Å². The van der Waals surface area contributed by atoms with Crippen LogP contribution in [0.3, 0.4) is 0 Å². The second-order valence-corrected chi connectivity index (χ2v) is 8.14. The maximum absolute atomic E-state index is 12.7. The summed E-state index contributed by atoms with van der Waals surface area (Å²) in [7, 11) is -3.76. The van der Waals surface area contributed by atoms with E-state index in [1.54, 1.807) is 37.3 Å². The van der Waals surface area contributed by atoms with Crippen LogP contribution in [0, 0.1) is 13.8 Å². The molecule has 0 aliphatic rings. The molecule has 0 fully saturated rings. The van der Waals surface area contributed by atoms with Gasteiger partial charge in [0.1, 0.15) is 5.51 Å². The summed E-state index contributed by atoms with van der Waals surface area (Å²) in [5.74, 6) is -0.394. The summed E-state index contributed by atoms with van der Waals surface area (Å²) in [5, 5.41) is 10.4. The van der Waals surface area contributed by atoms with Crippen LogP contribution < -0.4 is 10.0 Å². The van der Waals surface area contributed by atoms with Crippen molar-refractivity contribution in [3.63, 3.8) is 0 Å². The third kappa shape index (κ3) is 4.06. The van der Waals surface area contributed by atoms with Crippen LogP contribution in [0.25, 0.3) is 0 Å². The largest absolute Gasteiger partial charge is 0.296 e. The Morgan fingerprint density at radius 2 is 1.92 bits per heavy atom. The van der Waals surface area contributed by atoms with Gasteiger partial charge in [0, 0.05) is 11.3 Å². The predicted molar refractivity (Wildman–Crippen MR) is 101 cm³/mol. The second kappa shape index (κ2) is 7.22. The van der Waals surface area contributed by atoms with Crippen LogP contribution in [0.5, 0.6) is 0 Å². The van der Waals surface area contributed by atoms with E-state index in [1.807, 2.05) is 13.0 Å². The molecule has 9 heteroatoms. The lowest BCUT2D eigenvalue weighted by atomic mass is 10.2. The monoisotopic (exact) mass is 388 g/mol. The lowest BCUT2D eigenvalue weighted by Crippen LogP contribution is -2.16. The molecule has 2 N–H and O–H groups in total. The van der Waals surface area contributed by atoms with E-state index in [1.165, 1.54) is 22.9 Å². The average Bonchev–Trinajstić information content (AvgIpc) is 3.09. The van der Waals surface area contributed by atoms with E-state index in [0.29, 0.717) is 21.9 Å². The number of carbonyl (C=O) groups is 1. The van der Waals surface area contributed by atoms with Crippen molar-refractivity contribution in [3.8, 4) is 0 Å². The number of aromatic nitrogens is 2. The van der Waals surface area contributed by atoms with E-state index in [4.69, 9.17) is 0 Å². The van der Waals surface area contributed by atoms with Gasteiger partial charge in [0.25, 0.3) is 15.9 Å². The number of nitrogens with zero attached hydrogens (tertiary/aromatic N) is 2. The SMILES string of the molecule is Cc1ccc(C)c(S(=O)(=O)Nc2cccc(C(=O)Nc3nncs3)c2)c1. The quantitative estimate of drug-likeness (QED) is 0.699. The standard InChI is InChI=1S/C17H16N4O3S2/c1-11-6-7-12(2)15(8-11)26(23,24)21-14-5-3-4-13(9-14)16(22)19-17-20-18-10-25-17/h3-10,21H,1-2H3,(H,19,20,22). The van der Waals surface area contributed by atoms with Crippen molar-refractivity contribution in [2.24, 2.45) is 0 Å². The molecule has 0 atom stereocenters.